The first-order valence-corrected chi connectivity index (χ1v) is 13.1. The molecule has 1 N–H and O–H groups in total. The van der Waals surface area contributed by atoms with Crippen molar-refractivity contribution in [2.75, 3.05) is 26.7 Å². The highest BCUT2D eigenvalue weighted by Gasteiger charge is 2.40. The van der Waals surface area contributed by atoms with Gasteiger partial charge in [-0.1, -0.05) is 32.9 Å². The Bertz CT molecular complexity index is 1180. The fourth-order valence-electron chi connectivity index (χ4n) is 3.28. The normalized spacial score (nSPS) is 15.3. The third-order valence-electron chi connectivity index (χ3n) is 5.47. The van der Waals surface area contributed by atoms with E-state index in [2.05, 4.69) is 4.72 Å². The molecule has 0 aliphatic carbocycles. The third-order valence-corrected chi connectivity index (χ3v) is 8.99. The van der Waals surface area contributed by atoms with E-state index in [1.165, 1.54) is 36.3 Å². The number of benzene rings is 2. The lowest BCUT2D eigenvalue weighted by atomic mass is 9.87. The van der Waals surface area contributed by atoms with Crippen LogP contribution in [-0.2, 0) is 30.1 Å². The molecule has 0 bridgehead atoms. The zero-order chi connectivity index (χ0) is 23.7. The highest BCUT2D eigenvalue weighted by molar-refractivity contribution is 7.92. The Morgan fingerprint density at radius 1 is 0.969 bits per heavy atom. The maximum Gasteiger partial charge on any atom is 0.241 e. The zero-order valence-electron chi connectivity index (χ0n) is 18.5. The summed E-state index contributed by atoms with van der Waals surface area (Å²) < 4.78 is 57.7. The summed E-state index contributed by atoms with van der Waals surface area (Å²) in [6, 6.07) is 12.6. The summed E-state index contributed by atoms with van der Waals surface area (Å²) in [5.41, 5.74) is 0.892. The average Bonchev–Trinajstić information content (AvgIpc) is 2.70. The molecule has 2 aromatic rings. The predicted octanol–water partition coefficient (Wildman–Crippen LogP) is 1.96. The number of methoxy groups -OCH3 is 1. The topological polar surface area (TPSA) is 110 Å². The summed E-state index contributed by atoms with van der Waals surface area (Å²) in [6.07, 6.45) is 0. The van der Waals surface area contributed by atoms with Crippen molar-refractivity contribution < 1.29 is 26.4 Å². The molecule has 32 heavy (non-hydrogen) atoms. The second kappa shape index (κ2) is 8.84. The zero-order valence-corrected chi connectivity index (χ0v) is 20.2. The first-order chi connectivity index (χ1) is 14.8. The summed E-state index contributed by atoms with van der Waals surface area (Å²) in [5.74, 6) is 0.0794. The number of rotatable bonds is 7. The van der Waals surface area contributed by atoms with E-state index in [0.717, 1.165) is 5.56 Å². The Balaban J connectivity index is 1.56. The maximum absolute atomic E-state index is 12.7. The third kappa shape index (κ3) is 5.13. The molecule has 8 nitrogen and oxygen atoms in total. The predicted molar refractivity (Wildman–Crippen MR) is 121 cm³/mol. The number of ether oxygens (including phenoxy) is 1. The fraction of sp³-hybridized carbons (Fsp3) is 0.409. The van der Waals surface area contributed by atoms with Gasteiger partial charge in [-0.3, -0.25) is 4.79 Å². The average molecular weight is 481 g/mol. The van der Waals surface area contributed by atoms with E-state index < -0.39 is 37.6 Å². The number of amides is 1. The van der Waals surface area contributed by atoms with Gasteiger partial charge in [0.05, 0.1) is 23.4 Å². The standard InChI is InChI=1S/C22H28N2O6S2/c1-22(2,3)16-5-9-19(10-6-16)32(28,29)23-13-21(25)24-14-20(15-24)31(26,27)18-11-7-17(30-4)8-12-18/h5-12,20,23H,13-15H2,1-4H3. The van der Waals surface area contributed by atoms with Gasteiger partial charge in [-0.2, -0.15) is 0 Å². The van der Waals surface area contributed by atoms with E-state index in [0.29, 0.717) is 5.75 Å². The molecular formula is C22H28N2O6S2. The molecule has 0 atom stereocenters. The molecule has 1 amide bonds. The lowest BCUT2D eigenvalue weighted by Crippen LogP contribution is -2.58. The molecule has 0 spiro atoms. The van der Waals surface area contributed by atoms with Gasteiger partial charge in [-0.25, -0.2) is 21.6 Å². The highest BCUT2D eigenvalue weighted by Crippen LogP contribution is 2.26. The van der Waals surface area contributed by atoms with Crippen LogP contribution < -0.4 is 9.46 Å². The van der Waals surface area contributed by atoms with Gasteiger partial charge in [0.15, 0.2) is 9.84 Å². The van der Waals surface area contributed by atoms with E-state index in [-0.39, 0.29) is 28.3 Å². The Labute approximate surface area is 189 Å². The molecule has 0 saturated carbocycles. The summed E-state index contributed by atoms with van der Waals surface area (Å²) in [7, 11) is -5.94. The Hall–Kier alpha value is -2.43. The summed E-state index contributed by atoms with van der Waals surface area (Å²) in [4.78, 5) is 13.9. The van der Waals surface area contributed by atoms with Crippen molar-refractivity contribution in [3.8, 4) is 5.75 Å². The summed E-state index contributed by atoms with van der Waals surface area (Å²) in [5, 5.41) is -0.721. The highest BCUT2D eigenvalue weighted by atomic mass is 32.2. The lowest BCUT2D eigenvalue weighted by Gasteiger charge is -2.38. The van der Waals surface area contributed by atoms with Crippen LogP contribution in [0.2, 0.25) is 0 Å². The van der Waals surface area contributed by atoms with Gasteiger partial charge in [-0.05, 0) is 47.4 Å². The van der Waals surface area contributed by atoms with Crippen molar-refractivity contribution in [2.24, 2.45) is 0 Å². The van der Waals surface area contributed by atoms with Crippen LogP contribution in [0.25, 0.3) is 0 Å². The van der Waals surface area contributed by atoms with Crippen LogP contribution in [0.15, 0.2) is 58.3 Å². The molecule has 174 valence electrons. The molecule has 2 aromatic carbocycles. The molecule has 1 fully saturated rings. The first kappa shape index (κ1) is 24.2. The van der Waals surface area contributed by atoms with Crippen LogP contribution in [0.5, 0.6) is 5.75 Å². The Morgan fingerprint density at radius 2 is 1.50 bits per heavy atom. The Kier molecular flexibility index (Phi) is 6.69. The first-order valence-electron chi connectivity index (χ1n) is 10.1. The van der Waals surface area contributed by atoms with E-state index >= 15 is 0 Å². The fourth-order valence-corrected chi connectivity index (χ4v) is 5.91. The SMILES string of the molecule is COc1ccc(S(=O)(=O)C2CN(C(=O)CNS(=O)(=O)c3ccc(C(C)(C)C)cc3)C2)cc1. The quantitative estimate of drug-likeness (QED) is 0.649. The van der Waals surface area contributed by atoms with E-state index in [1.54, 1.807) is 24.3 Å². The monoisotopic (exact) mass is 480 g/mol. The van der Waals surface area contributed by atoms with Crippen LogP contribution >= 0.6 is 0 Å². The molecule has 0 unspecified atom stereocenters. The minimum Gasteiger partial charge on any atom is -0.497 e. The van der Waals surface area contributed by atoms with Crippen LogP contribution in [0.3, 0.4) is 0 Å². The molecule has 1 heterocycles. The van der Waals surface area contributed by atoms with Crippen molar-refractivity contribution in [1.29, 1.82) is 0 Å². The number of carbonyl (C=O) groups excluding carboxylic acids is 1. The van der Waals surface area contributed by atoms with Crippen molar-refractivity contribution in [3.05, 3.63) is 54.1 Å². The molecule has 10 heteroatoms. The molecule has 1 aliphatic rings. The summed E-state index contributed by atoms with van der Waals surface area (Å²) >= 11 is 0. The number of sulfone groups is 1. The van der Waals surface area contributed by atoms with Gasteiger partial charge in [0.1, 0.15) is 11.0 Å². The van der Waals surface area contributed by atoms with Gasteiger partial charge >= 0.3 is 0 Å². The van der Waals surface area contributed by atoms with E-state index in [4.69, 9.17) is 4.74 Å². The number of nitrogens with one attached hydrogen (secondary N) is 1. The lowest BCUT2D eigenvalue weighted by molar-refractivity contribution is -0.133. The van der Waals surface area contributed by atoms with Crippen molar-refractivity contribution in [3.63, 3.8) is 0 Å². The maximum atomic E-state index is 12.7. The molecular weight excluding hydrogens is 452 g/mol. The number of carbonyl (C=O) groups is 1. The smallest absolute Gasteiger partial charge is 0.241 e. The largest absolute Gasteiger partial charge is 0.497 e. The van der Waals surface area contributed by atoms with Gasteiger partial charge in [0.2, 0.25) is 15.9 Å². The van der Waals surface area contributed by atoms with E-state index in [1.807, 2.05) is 20.8 Å². The van der Waals surface area contributed by atoms with Crippen molar-refractivity contribution in [1.82, 2.24) is 9.62 Å². The number of likely N-dealkylation sites (tertiary alicyclic amines) is 1. The second-order valence-corrected chi connectivity index (χ2v) is 12.7. The molecule has 3 rings (SSSR count). The Morgan fingerprint density at radius 3 is 2.00 bits per heavy atom. The molecule has 1 saturated heterocycles. The van der Waals surface area contributed by atoms with Gasteiger partial charge < -0.3 is 9.64 Å². The molecule has 1 aliphatic heterocycles. The van der Waals surface area contributed by atoms with Crippen LogP contribution in [-0.4, -0.2) is 59.6 Å². The van der Waals surface area contributed by atoms with E-state index in [9.17, 15) is 21.6 Å². The van der Waals surface area contributed by atoms with Gasteiger partial charge in [0.25, 0.3) is 0 Å². The van der Waals surface area contributed by atoms with Crippen LogP contribution in [0, 0.1) is 0 Å². The van der Waals surface area contributed by atoms with Gasteiger partial charge in [0, 0.05) is 13.1 Å². The molecule has 0 radical (unpaired) electrons. The summed E-state index contributed by atoms with van der Waals surface area (Å²) in [6.45, 7) is 5.71. The van der Waals surface area contributed by atoms with Crippen LogP contribution in [0.4, 0.5) is 0 Å². The van der Waals surface area contributed by atoms with Crippen molar-refractivity contribution in [2.45, 2.75) is 41.2 Å². The van der Waals surface area contributed by atoms with Crippen molar-refractivity contribution >= 4 is 25.8 Å². The van der Waals surface area contributed by atoms with Gasteiger partial charge in [-0.15, -0.1) is 0 Å². The van der Waals surface area contributed by atoms with Crippen LogP contribution in [0.1, 0.15) is 26.3 Å². The second-order valence-electron chi connectivity index (χ2n) is 8.74. The number of sulfonamides is 1. The number of hydrogen-bond donors (Lipinski definition) is 1. The molecule has 0 aromatic heterocycles. The minimum atomic E-state index is -3.85. The number of hydrogen-bond acceptors (Lipinski definition) is 6. The number of nitrogens with zero attached hydrogens (tertiary/aromatic N) is 1. The minimum absolute atomic E-state index is 0.0230.